The molecule has 0 amide bonds. The minimum Gasteiger partial charge on any atom is -0.470 e. The molecule has 0 aromatic rings. The van der Waals surface area contributed by atoms with Crippen LogP contribution in [0.5, 0.6) is 0 Å². The van der Waals surface area contributed by atoms with E-state index in [1.54, 1.807) is 0 Å². The first-order valence-corrected chi connectivity index (χ1v) is 7.05. The number of rotatable bonds is 1. The Morgan fingerprint density at radius 3 is 2.32 bits per heavy atom. The summed E-state index contributed by atoms with van der Waals surface area (Å²) in [6, 6.07) is -0.456. The summed E-state index contributed by atoms with van der Waals surface area (Å²) >= 11 is 1.38. The van der Waals surface area contributed by atoms with Gasteiger partial charge in [-0.05, 0) is 6.26 Å². The van der Waals surface area contributed by atoms with Crippen LogP contribution in [0.1, 0.15) is 0 Å². The number of hydrogen-bond donors (Lipinski definition) is 1. The van der Waals surface area contributed by atoms with Gasteiger partial charge in [0, 0.05) is 0 Å². The molecule has 1 N–H and O–H groups in total. The van der Waals surface area contributed by atoms with E-state index in [1.165, 1.54) is 18.9 Å². The van der Waals surface area contributed by atoms with Crippen LogP contribution in [0.4, 0.5) is 13.2 Å². The first-order chi connectivity index (χ1) is 8.52. The van der Waals surface area contributed by atoms with Crippen molar-refractivity contribution in [2.75, 3.05) is 20.0 Å². The van der Waals surface area contributed by atoms with Crippen molar-refractivity contribution in [1.29, 1.82) is 0 Å². The van der Waals surface area contributed by atoms with Crippen LogP contribution in [-0.2, 0) is 24.4 Å². The van der Waals surface area contributed by atoms with E-state index in [-0.39, 0.29) is 5.97 Å². The number of carbonyl (C=O) groups is 1. The molecule has 0 aromatic heterocycles. The van der Waals surface area contributed by atoms with Gasteiger partial charge in [0.25, 0.3) is 0 Å². The fourth-order valence-corrected chi connectivity index (χ4v) is 1.14. The van der Waals surface area contributed by atoms with E-state index in [9.17, 15) is 18.0 Å². The van der Waals surface area contributed by atoms with Crippen molar-refractivity contribution in [2.45, 2.75) is 11.6 Å². The number of hydrogen-bond acceptors (Lipinski definition) is 7. The van der Waals surface area contributed by atoms with Crippen molar-refractivity contribution in [1.82, 2.24) is 0 Å². The number of alkyl halides is 3. The van der Waals surface area contributed by atoms with Crippen LogP contribution >= 0.6 is 11.8 Å². The molecule has 1 heterocycles. The van der Waals surface area contributed by atoms with E-state index in [0.29, 0.717) is 11.8 Å². The van der Waals surface area contributed by atoms with Crippen molar-refractivity contribution < 1.29 is 40.4 Å². The number of methoxy groups -OCH3 is 1. The zero-order valence-corrected chi connectivity index (χ0v) is 11.3. The Bertz CT molecular complexity index is 446. The summed E-state index contributed by atoms with van der Waals surface area (Å²) in [5.74, 6) is -0.339. The van der Waals surface area contributed by atoms with Crippen molar-refractivity contribution in [3.8, 4) is 0 Å². The molecule has 0 fully saturated rings. The lowest BCUT2D eigenvalue weighted by molar-refractivity contribution is -0.142. The maximum Gasteiger partial charge on any atom is 0.522 e. The second kappa shape index (κ2) is 6.96. The second-order valence-electron chi connectivity index (χ2n) is 2.87. The minimum atomic E-state index is -5.84. The van der Waals surface area contributed by atoms with Crippen LogP contribution in [0.15, 0.2) is 4.99 Å². The summed E-state index contributed by atoms with van der Waals surface area (Å²) in [6.07, 6.45) is 1.85. The van der Waals surface area contributed by atoms with Crippen LogP contribution in [0.3, 0.4) is 0 Å². The van der Waals surface area contributed by atoms with Gasteiger partial charge in [-0.1, -0.05) is 11.8 Å². The smallest absolute Gasteiger partial charge is 0.470 e. The third-order valence-corrected chi connectivity index (χ3v) is 2.72. The normalized spacial score (nSPS) is 18.8. The zero-order chi connectivity index (χ0) is 15.3. The Balaban J connectivity index is 0.000000362. The van der Waals surface area contributed by atoms with Gasteiger partial charge in [-0.3, -0.25) is 4.55 Å². The van der Waals surface area contributed by atoms with Gasteiger partial charge in [0.1, 0.15) is 6.61 Å². The molecule has 0 spiro atoms. The zero-order valence-electron chi connectivity index (χ0n) is 9.67. The number of esters is 1. The van der Waals surface area contributed by atoms with Crippen LogP contribution in [0.25, 0.3) is 0 Å². The first-order valence-electron chi connectivity index (χ1n) is 4.39. The Labute approximate surface area is 110 Å². The third kappa shape index (κ3) is 6.11. The molecule has 19 heavy (non-hydrogen) atoms. The van der Waals surface area contributed by atoms with Gasteiger partial charge in [0.05, 0.1) is 7.11 Å². The predicted octanol–water partition coefficient (Wildman–Crippen LogP) is 0.671. The van der Waals surface area contributed by atoms with E-state index in [4.69, 9.17) is 17.7 Å². The monoisotopic (exact) mass is 325 g/mol. The Morgan fingerprint density at radius 2 is 2.05 bits per heavy atom. The van der Waals surface area contributed by atoms with E-state index < -0.39 is 21.7 Å². The van der Waals surface area contributed by atoms with Gasteiger partial charge in [-0.2, -0.15) is 21.6 Å². The molecular formula is C7H10F3NO6S2. The Hall–Kier alpha value is -1.01. The molecular weight excluding hydrogens is 315 g/mol. The standard InChI is InChI=1S/C6H9NO3S.CHF3O3S/c1-9-5(8)4-3-10-6(7-4)11-2;2-1(3,4)8(5,6)7/h4H,3H2,1-2H3;(H,5,6,7)/t4-;/m0./s1. The topological polar surface area (TPSA) is 102 Å². The lowest BCUT2D eigenvalue weighted by Crippen LogP contribution is -2.21. The van der Waals surface area contributed by atoms with Gasteiger partial charge in [0.15, 0.2) is 6.04 Å². The lowest BCUT2D eigenvalue weighted by Gasteiger charge is -1.99. The van der Waals surface area contributed by atoms with Gasteiger partial charge in [-0.25, -0.2) is 9.79 Å². The molecule has 7 nitrogen and oxygen atoms in total. The fraction of sp³-hybridized carbons (Fsp3) is 0.714. The largest absolute Gasteiger partial charge is 0.522 e. The maximum absolute atomic E-state index is 10.9. The molecule has 12 heteroatoms. The van der Waals surface area contributed by atoms with Crippen LogP contribution in [0, 0.1) is 0 Å². The quantitative estimate of drug-likeness (QED) is 0.429. The number of nitrogens with zero attached hydrogens (tertiary/aromatic N) is 1. The summed E-state index contributed by atoms with van der Waals surface area (Å²) in [5, 5.41) is 0.556. The summed E-state index contributed by atoms with van der Waals surface area (Å²) in [7, 11) is -4.50. The molecule has 1 aliphatic heterocycles. The van der Waals surface area contributed by atoms with Crippen molar-refractivity contribution in [3.05, 3.63) is 0 Å². The highest BCUT2D eigenvalue weighted by atomic mass is 32.2. The second-order valence-corrected chi connectivity index (χ2v) is 5.04. The van der Waals surface area contributed by atoms with Gasteiger partial charge in [0.2, 0.25) is 5.23 Å². The van der Waals surface area contributed by atoms with E-state index >= 15 is 0 Å². The summed E-state index contributed by atoms with van der Waals surface area (Å²) in [4.78, 5) is 14.8. The Kier molecular flexibility index (Phi) is 6.59. The average Bonchev–Trinajstić information content (AvgIpc) is 2.74. The average molecular weight is 325 g/mol. The van der Waals surface area contributed by atoms with E-state index in [0.717, 1.165) is 0 Å². The van der Waals surface area contributed by atoms with Gasteiger partial charge < -0.3 is 9.47 Å². The number of ether oxygens (including phenoxy) is 2. The highest BCUT2D eigenvalue weighted by Gasteiger charge is 2.44. The highest BCUT2D eigenvalue weighted by molar-refractivity contribution is 8.12. The molecule has 1 rings (SSSR count). The molecule has 0 aromatic carbocycles. The van der Waals surface area contributed by atoms with E-state index in [2.05, 4.69) is 9.73 Å². The van der Waals surface area contributed by atoms with Gasteiger partial charge >= 0.3 is 21.6 Å². The summed E-state index contributed by atoms with van der Waals surface area (Å²) < 4.78 is 67.1. The van der Waals surface area contributed by atoms with Crippen molar-refractivity contribution >= 4 is 33.1 Å². The molecule has 1 aliphatic rings. The predicted molar refractivity (Wildman–Crippen MR) is 60.3 cm³/mol. The highest BCUT2D eigenvalue weighted by Crippen LogP contribution is 2.20. The molecule has 112 valence electrons. The molecule has 0 bridgehead atoms. The maximum atomic E-state index is 10.9. The van der Waals surface area contributed by atoms with Crippen LogP contribution < -0.4 is 0 Å². The number of carbonyl (C=O) groups excluding carboxylic acids is 1. The molecule has 0 saturated heterocycles. The summed E-state index contributed by atoms with van der Waals surface area (Å²) in [5.41, 5.74) is -5.53. The van der Waals surface area contributed by atoms with Crippen LogP contribution in [-0.4, -0.2) is 55.7 Å². The molecule has 1 atom stereocenters. The number of halogens is 3. The third-order valence-electron chi connectivity index (χ3n) is 1.57. The summed E-state index contributed by atoms with van der Waals surface area (Å²) in [6.45, 7) is 0.308. The van der Waals surface area contributed by atoms with Crippen molar-refractivity contribution in [3.63, 3.8) is 0 Å². The molecule has 0 unspecified atom stereocenters. The van der Waals surface area contributed by atoms with E-state index in [1.807, 2.05) is 6.26 Å². The molecule has 0 aliphatic carbocycles. The minimum absolute atomic E-state index is 0.308. The fourth-order valence-electron chi connectivity index (χ4n) is 0.720. The first kappa shape index (κ1) is 18.0. The number of aliphatic imine (C=N–C) groups is 1. The van der Waals surface area contributed by atoms with Gasteiger partial charge in [-0.15, -0.1) is 0 Å². The Morgan fingerprint density at radius 1 is 1.58 bits per heavy atom. The molecule has 0 saturated carbocycles. The van der Waals surface area contributed by atoms with Crippen LogP contribution in [0.2, 0.25) is 0 Å². The number of thioether (sulfide) groups is 1. The van der Waals surface area contributed by atoms with Crippen molar-refractivity contribution in [2.24, 2.45) is 4.99 Å². The SMILES string of the molecule is COC(=O)[C@@H]1COC(SC)=N1.O=S(=O)(O)C(F)(F)F. The molecule has 0 radical (unpaired) electrons. The lowest BCUT2D eigenvalue weighted by atomic mass is 10.3.